The zero-order valence-corrected chi connectivity index (χ0v) is 20.0. The molecule has 1 amide bonds. The summed E-state index contributed by atoms with van der Waals surface area (Å²) < 4.78 is 17.2. The fourth-order valence-corrected chi connectivity index (χ4v) is 4.01. The van der Waals surface area contributed by atoms with Crippen LogP contribution in [0.3, 0.4) is 0 Å². The van der Waals surface area contributed by atoms with Gasteiger partial charge in [-0.1, -0.05) is 24.3 Å². The van der Waals surface area contributed by atoms with Gasteiger partial charge in [-0.3, -0.25) is 4.79 Å². The summed E-state index contributed by atoms with van der Waals surface area (Å²) in [7, 11) is 1.55. The molecule has 0 saturated heterocycles. The molecule has 0 aliphatic rings. The highest BCUT2D eigenvalue weighted by molar-refractivity contribution is 7.13. The predicted molar refractivity (Wildman–Crippen MR) is 128 cm³/mol. The number of aromatic nitrogens is 1. The van der Waals surface area contributed by atoms with Crippen LogP contribution < -0.4 is 19.5 Å². The van der Waals surface area contributed by atoms with Crippen molar-refractivity contribution in [3.05, 3.63) is 64.2 Å². The molecule has 7 nitrogen and oxygen atoms in total. The molecule has 3 aromatic rings. The third-order valence-corrected chi connectivity index (χ3v) is 5.86. The normalized spacial score (nSPS) is 11.4. The lowest BCUT2D eigenvalue weighted by Crippen LogP contribution is -2.23. The smallest absolute Gasteiger partial charge is 0.243 e. The standard InChI is InChI=1S/C25H27N3O4S/c1-16-6-5-7-17(2)23(16)32-11-10-31-21-9-8-19(13-22(21)30-4)12-20(14-26)24(29)28-25-27-18(3)15-33-25/h5-9,13,15,20H,10-12H2,1-4H3,(H,27,28,29). The van der Waals surface area contributed by atoms with Gasteiger partial charge < -0.3 is 19.5 Å². The van der Waals surface area contributed by atoms with Crippen molar-refractivity contribution in [2.75, 3.05) is 25.6 Å². The van der Waals surface area contributed by atoms with Gasteiger partial charge in [0.2, 0.25) is 5.91 Å². The van der Waals surface area contributed by atoms with Gasteiger partial charge in [-0.25, -0.2) is 4.98 Å². The van der Waals surface area contributed by atoms with Crippen molar-refractivity contribution in [3.8, 4) is 23.3 Å². The number of thiazole rings is 1. The molecule has 1 aromatic heterocycles. The molecule has 0 saturated carbocycles. The van der Waals surface area contributed by atoms with Gasteiger partial charge in [0.1, 0.15) is 24.9 Å². The van der Waals surface area contributed by atoms with E-state index in [-0.39, 0.29) is 12.3 Å². The van der Waals surface area contributed by atoms with E-state index in [0.717, 1.165) is 28.1 Å². The van der Waals surface area contributed by atoms with Crippen molar-refractivity contribution in [2.45, 2.75) is 27.2 Å². The first-order valence-electron chi connectivity index (χ1n) is 10.5. The van der Waals surface area contributed by atoms with Gasteiger partial charge in [-0.15, -0.1) is 11.3 Å². The Morgan fingerprint density at radius 1 is 1.12 bits per heavy atom. The van der Waals surface area contributed by atoms with Crippen molar-refractivity contribution in [3.63, 3.8) is 0 Å². The summed E-state index contributed by atoms with van der Waals surface area (Å²) in [6.07, 6.45) is 0.249. The molecule has 0 aliphatic carbocycles. The van der Waals surface area contributed by atoms with Crippen LogP contribution in [0.5, 0.6) is 17.2 Å². The van der Waals surface area contributed by atoms with E-state index in [1.165, 1.54) is 11.3 Å². The summed E-state index contributed by atoms with van der Waals surface area (Å²) in [5, 5.41) is 14.5. The number of nitrogens with one attached hydrogen (secondary N) is 1. The number of hydrogen-bond donors (Lipinski definition) is 1. The molecular formula is C25H27N3O4S. The molecule has 1 unspecified atom stereocenters. The molecule has 0 fully saturated rings. The molecule has 33 heavy (non-hydrogen) atoms. The van der Waals surface area contributed by atoms with Gasteiger partial charge in [0, 0.05) is 5.38 Å². The van der Waals surface area contributed by atoms with E-state index in [1.54, 1.807) is 19.2 Å². The minimum absolute atomic E-state index is 0.249. The average Bonchev–Trinajstić information content (AvgIpc) is 3.21. The number of hydrogen-bond acceptors (Lipinski definition) is 7. The van der Waals surface area contributed by atoms with Crippen LogP contribution in [0.4, 0.5) is 5.13 Å². The highest BCUT2D eigenvalue weighted by Gasteiger charge is 2.20. The lowest BCUT2D eigenvalue weighted by atomic mass is 9.99. The maximum Gasteiger partial charge on any atom is 0.243 e. The molecule has 0 spiro atoms. The quantitative estimate of drug-likeness (QED) is 0.430. The molecule has 3 rings (SSSR count). The van der Waals surface area contributed by atoms with E-state index in [9.17, 15) is 10.1 Å². The first-order chi connectivity index (χ1) is 15.9. The van der Waals surface area contributed by atoms with Gasteiger partial charge in [0.15, 0.2) is 16.6 Å². The first-order valence-corrected chi connectivity index (χ1v) is 11.4. The number of aryl methyl sites for hydroxylation is 3. The zero-order chi connectivity index (χ0) is 23.8. The molecule has 0 bridgehead atoms. The molecule has 2 aromatic carbocycles. The lowest BCUT2D eigenvalue weighted by molar-refractivity contribution is -0.118. The number of para-hydroxylation sites is 1. The summed E-state index contributed by atoms with van der Waals surface area (Å²) in [5.41, 5.74) is 3.78. The summed E-state index contributed by atoms with van der Waals surface area (Å²) in [5.74, 6) is 0.748. The number of anilines is 1. The zero-order valence-electron chi connectivity index (χ0n) is 19.2. The molecule has 1 heterocycles. The van der Waals surface area contributed by atoms with Crippen molar-refractivity contribution in [1.29, 1.82) is 5.26 Å². The van der Waals surface area contributed by atoms with E-state index < -0.39 is 5.92 Å². The van der Waals surface area contributed by atoms with Crippen LogP contribution in [-0.4, -0.2) is 31.2 Å². The Kier molecular flexibility index (Phi) is 8.28. The topological polar surface area (TPSA) is 93.5 Å². The molecule has 0 aliphatic heterocycles. The van der Waals surface area contributed by atoms with E-state index in [2.05, 4.69) is 16.4 Å². The van der Waals surface area contributed by atoms with Gasteiger partial charge >= 0.3 is 0 Å². The molecule has 8 heteroatoms. The Balaban J connectivity index is 1.58. The number of carbonyl (C=O) groups is 1. The van der Waals surface area contributed by atoms with Gasteiger partial charge in [-0.2, -0.15) is 5.26 Å². The second kappa shape index (κ2) is 11.3. The van der Waals surface area contributed by atoms with E-state index >= 15 is 0 Å². The summed E-state index contributed by atoms with van der Waals surface area (Å²) in [6.45, 7) is 6.61. The number of ether oxygens (including phenoxy) is 3. The Morgan fingerprint density at radius 2 is 1.85 bits per heavy atom. The Bertz CT molecular complexity index is 1130. The third-order valence-electron chi connectivity index (χ3n) is 4.99. The SMILES string of the molecule is COc1cc(CC(C#N)C(=O)Nc2nc(C)cs2)ccc1OCCOc1c(C)cccc1C. The number of amides is 1. The van der Waals surface area contributed by atoms with Crippen LogP contribution in [0.25, 0.3) is 0 Å². The summed E-state index contributed by atoms with van der Waals surface area (Å²) >= 11 is 1.33. The maximum atomic E-state index is 12.5. The maximum absolute atomic E-state index is 12.5. The molecule has 172 valence electrons. The Morgan fingerprint density at radius 3 is 2.48 bits per heavy atom. The fourth-order valence-electron chi connectivity index (χ4n) is 3.32. The van der Waals surface area contributed by atoms with Crippen LogP contribution in [-0.2, 0) is 11.2 Å². The van der Waals surface area contributed by atoms with Gasteiger partial charge in [-0.05, 0) is 56.0 Å². The monoisotopic (exact) mass is 465 g/mol. The highest BCUT2D eigenvalue weighted by atomic mass is 32.1. The van der Waals surface area contributed by atoms with Crippen molar-refractivity contribution in [2.24, 2.45) is 5.92 Å². The number of nitriles is 1. The second-order valence-electron chi connectivity index (χ2n) is 7.57. The minimum Gasteiger partial charge on any atom is -0.493 e. The molecule has 1 N–H and O–H groups in total. The number of methoxy groups -OCH3 is 1. The fraction of sp³-hybridized carbons (Fsp3) is 0.320. The van der Waals surface area contributed by atoms with Crippen LogP contribution in [0.2, 0.25) is 0 Å². The summed E-state index contributed by atoms with van der Waals surface area (Å²) in [4.78, 5) is 16.7. The highest BCUT2D eigenvalue weighted by Crippen LogP contribution is 2.29. The largest absolute Gasteiger partial charge is 0.493 e. The number of nitrogens with zero attached hydrogens (tertiary/aromatic N) is 2. The molecular weight excluding hydrogens is 438 g/mol. The van der Waals surface area contributed by atoms with Gasteiger partial charge in [0.25, 0.3) is 0 Å². The first kappa shape index (κ1) is 24.1. The number of rotatable bonds is 10. The van der Waals surface area contributed by atoms with Crippen molar-refractivity contribution < 1.29 is 19.0 Å². The predicted octanol–water partition coefficient (Wildman–Crippen LogP) is 4.86. The van der Waals surface area contributed by atoms with Crippen molar-refractivity contribution >= 4 is 22.4 Å². The molecule has 0 radical (unpaired) electrons. The van der Waals surface area contributed by atoms with Crippen molar-refractivity contribution in [1.82, 2.24) is 4.98 Å². The van der Waals surface area contributed by atoms with Crippen LogP contribution in [0.1, 0.15) is 22.4 Å². The van der Waals surface area contributed by atoms with E-state index in [1.807, 2.05) is 50.4 Å². The van der Waals surface area contributed by atoms with Crippen LogP contribution in [0.15, 0.2) is 41.8 Å². The van der Waals surface area contributed by atoms with Crippen LogP contribution >= 0.6 is 11.3 Å². The Labute approximate surface area is 197 Å². The second-order valence-corrected chi connectivity index (χ2v) is 8.43. The molecule has 1 atom stereocenters. The number of benzene rings is 2. The van der Waals surface area contributed by atoms with E-state index in [4.69, 9.17) is 14.2 Å². The lowest BCUT2D eigenvalue weighted by Gasteiger charge is -2.15. The minimum atomic E-state index is -0.851. The third kappa shape index (κ3) is 6.46. The van der Waals surface area contributed by atoms with E-state index in [0.29, 0.717) is 29.8 Å². The summed E-state index contributed by atoms with van der Waals surface area (Å²) in [6, 6.07) is 13.5. The number of carbonyl (C=O) groups excluding carboxylic acids is 1. The average molecular weight is 466 g/mol. The van der Waals surface area contributed by atoms with Gasteiger partial charge in [0.05, 0.1) is 18.9 Å². The Hall–Kier alpha value is -3.57. The van der Waals surface area contributed by atoms with Crippen LogP contribution in [0, 0.1) is 38.0 Å².